The van der Waals surface area contributed by atoms with E-state index in [9.17, 15) is 4.79 Å². The van der Waals surface area contributed by atoms with Gasteiger partial charge >= 0.3 is 0 Å². The van der Waals surface area contributed by atoms with Crippen molar-refractivity contribution < 1.29 is 4.79 Å². The fourth-order valence-corrected chi connectivity index (χ4v) is 4.62. The van der Waals surface area contributed by atoms with Crippen molar-refractivity contribution in [1.82, 2.24) is 30.0 Å². The summed E-state index contributed by atoms with van der Waals surface area (Å²) in [7, 11) is 0. The Morgan fingerprint density at radius 2 is 1.83 bits per heavy atom. The van der Waals surface area contributed by atoms with E-state index < -0.39 is 0 Å². The zero-order valence-corrected chi connectivity index (χ0v) is 20.7. The second-order valence-corrected chi connectivity index (χ2v) is 9.62. The molecule has 0 saturated carbocycles. The van der Waals surface area contributed by atoms with Gasteiger partial charge < -0.3 is 10.6 Å². The van der Waals surface area contributed by atoms with Crippen molar-refractivity contribution >= 4 is 17.4 Å². The molecular weight excluding hydrogens is 450 g/mol. The van der Waals surface area contributed by atoms with E-state index in [2.05, 4.69) is 74.2 Å². The molecule has 0 spiro atoms. The lowest BCUT2D eigenvalue weighted by Gasteiger charge is -2.16. The number of likely N-dealkylation sites (tertiary alicyclic amines) is 1. The molecule has 0 aliphatic carbocycles. The first kappa shape index (κ1) is 23.9. The third-order valence-electron chi connectivity index (χ3n) is 6.70. The summed E-state index contributed by atoms with van der Waals surface area (Å²) in [5.74, 6) is 1.97. The van der Waals surface area contributed by atoms with Crippen LogP contribution in [-0.4, -0.2) is 50.3 Å². The summed E-state index contributed by atoms with van der Waals surface area (Å²) in [6, 6.07) is 22.7. The standard InChI is InChI=1S/C28H33N7O/c1-21-7-9-23(10-8-21)19-34-16-15-24(20-34)18-30-28(36)14-13-27-32-31-26-12-11-25(33-35(26)27)29-17-22-5-3-2-4-6-22/h2-12,24H,13-20H2,1H3,(H,29,33)(H,30,36). The highest BCUT2D eigenvalue weighted by molar-refractivity contribution is 5.76. The molecule has 1 unspecified atom stereocenters. The predicted molar refractivity (Wildman–Crippen MR) is 140 cm³/mol. The van der Waals surface area contributed by atoms with Crippen LogP contribution in [-0.2, 0) is 24.3 Å². The van der Waals surface area contributed by atoms with Gasteiger partial charge in [0, 0.05) is 39.0 Å². The van der Waals surface area contributed by atoms with Gasteiger partial charge in [0.25, 0.3) is 0 Å². The Bertz CT molecular complexity index is 1290. The van der Waals surface area contributed by atoms with Crippen molar-refractivity contribution in [2.45, 2.75) is 39.3 Å². The third-order valence-corrected chi connectivity index (χ3v) is 6.70. The maximum Gasteiger partial charge on any atom is 0.220 e. The molecule has 1 fully saturated rings. The number of carbonyl (C=O) groups excluding carboxylic acids is 1. The molecule has 186 valence electrons. The van der Waals surface area contributed by atoms with Crippen LogP contribution in [0.1, 0.15) is 35.4 Å². The molecule has 1 atom stereocenters. The summed E-state index contributed by atoms with van der Waals surface area (Å²) in [6.07, 6.45) is 1.97. The number of amides is 1. The largest absolute Gasteiger partial charge is 0.365 e. The number of rotatable bonds is 10. The van der Waals surface area contributed by atoms with Crippen LogP contribution in [0.15, 0.2) is 66.7 Å². The zero-order chi connectivity index (χ0) is 24.7. The van der Waals surface area contributed by atoms with Crippen LogP contribution in [0.4, 0.5) is 5.82 Å². The van der Waals surface area contributed by atoms with Crippen LogP contribution in [0.5, 0.6) is 0 Å². The zero-order valence-electron chi connectivity index (χ0n) is 20.7. The van der Waals surface area contributed by atoms with Gasteiger partial charge in [-0.15, -0.1) is 15.3 Å². The Kier molecular flexibility index (Phi) is 7.52. The molecule has 0 bridgehead atoms. The molecule has 1 aliphatic heterocycles. The van der Waals surface area contributed by atoms with E-state index in [-0.39, 0.29) is 5.91 Å². The van der Waals surface area contributed by atoms with Crippen LogP contribution in [0.25, 0.3) is 5.65 Å². The van der Waals surface area contributed by atoms with Crippen molar-refractivity contribution in [2.24, 2.45) is 5.92 Å². The Morgan fingerprint density at radius 3 is 2.67 bits per heavy atom. The van der Waals surface area contributed by atoms with Crippen LogP contribution in [0.3, 0.4) is 0 Å². The number of hydrogen-bond donors (Lipinski definition) is 2. The van der Waals surface area contributed by atoms with Gasteiger partial charge in [0.2, 0.25) is 5.91 Å². The first-order valence-electron chi connectivity index (χ1n) is 12.7. The number of fused-ring (bicyclic) bond motifs is 1. The number of nitrogens with one attached hydrogen (secondary N) is 2. The SMILES string of the molecule is Cc1ccc(CN2CCC(CNC(=O)CCc3nnc4ccc(NCc5ccccc5)nn34)C2)cc1. The molecule has 36 heavy (non-hydrogen) atoms. The van der Waals surface area contributed by atoms with Crippen LogP contribution < -0.4 is 10.6 Å². The molecule has 8 heteroatoms. The maximum atomic E-state index is 12.5. The Morgan fingerprint density at radius 1 is 1.00 bits per heavy atom. The number of anilines is 1. The van der Waals surface area contributed by atoms with Gasteiger partial charge in [-0.2, -0.15) is 4.52 Å². The molecule has 0 radical (unpaired) electrons. The van der Waals surface area contributed by atoms with Gasteiger partial charge in [0.05, 0.1) is 0 Å². The second-order valence-electron chi connectivity index (χ2n) is 9.62. The van der Waals surface area contributed by atoms with Crippen molar-refractivity contribution in [3.8, 4) is 0 Å². The van der Waals surface area contributed by atoms with Crippen molar-refractivity contribution in [3.05, 3.63) is 89.2 Å². The summed E-state index contributed by atoms with van der Waals surface area (Å²) in [5.41, 5.74) is 4.49. The van der Waals surface area contributed by atoms with E-state index >= 15 is 0 Å². The number of benzene rings is 2. The summed E-state index contributed by atoms with van der Waals surface area (Å²) in [6.45, 7) is 6.58. The average Bonchev–Trinajstić information content (AvgIpc) is 3.53. The highest BCUT2D eigenvalue weighted by Crippen LogP contribution is 2.18. The maximum absolute atomic E-state index is 12.5. The third kappa shape index (κ3) is 6.26. The molecular formula is C28H33N7O. The quantitative estimate of drug-likeness (QED) is 0.358. The number of aryl methyl sites for hydroxylation is 2. The molecule has 2 aromatic heterocycles. The number of hydrogen-bond acceptors (Lipinski definition) is 6. The molecule has 5 rings (SSSR count). The fourth-order valence-electron chi connectivity index (χ4n) is 4.62. The lowest BCUT2D eigenvalue weighted by atomic mass is 10.1. The lowest BCUT2D eigenvalue weighted by Crippen LogP contribution is -2.31. The Hall–Kier alpha value is -3.78. The molecule has 2 N–H and O–H groups in total. The topological polar surface area (TPSA) is 87.5 Å². The van der Waals surface area contributed by atoms with E-state index in [1.807, 2.05) is 30.3 Å². The molecule has 1 saturated heterocycles. The first-order valence-corrected chi connectivity index (χ1v) is 12.7. The van der Waals surface area contributed by atoms with Gasteiger partial charge in [0.15, 0.2) is 11.5 Å². The van der Waals surface area contributed by atoms with E-state index in [0.29, 0.717) is 36.8 Å². The van der Waals surface area contributed by atoms with Crippen LogP contribution in [0, 0.1) is 12.8 Å². The second kappa shape index (κ2) is 11.3. The minimum absolute atomic E-state index is 0.0436. The van der Waals surface area contributed by atoms with Gasteiger partial charge in [0.1, 0.15) is 5.82 Å². The average molecular weight is 484 g/mol. The van der Waals surface area contributed by atoms with Crippen LogP contribution >= 0.6 is 0 Å². The summed E-state index contributed by atoms with van der Waals surface area (Å²) in [5, 5.41) is 19.5. The first-order chi connectivity index (χ1) is 17.6. The normalized spacial score (nSPS) is 15.9. The lowest BCUT2D eigenvalue weighted by molar-refractivity contribution is -0.121. The Balaban J connectivity index is 1.07. The van der Waals surface area contributed by atoms with Crippen LogP contribution in [0.2, 0.25) is 0 Å². The van der Waals surface area contributed by atoms with Gasteiger partial charge in [-0.1, -0.05) is 60.2 Å². The van der Waals surface area contributed by atoms with E-state index in [1.54, 1.807) is 4.52 Å². The molecule has 8 nitrogen and oxygen atoms in total. The van der Waals surface area contributed by atoms with Gasteiger partial charge in [-0.3, -0.25) is 9.69 Å². The minimum Gasteiger partial charge on any atom is -0.365 e. The fraction of sp³-hybridized carbons (Fsp3) is 0.357. The monoisotopic (exact) mass is 483 g/mol. The molecule has 2 aromatic carbocycles. The summed E-state index contributed by atoms with van der Waals surface area (Å²) >= 11 is 0. The number of carbonyl (C=O) groups is 1. The van der Waals surface area contributed by atoms with Crippen molar-refractivity contribution in [2.75, 3.05) is 25.0 Å². The van der Waals surface area contributed by atoms with Gasteiger partial charge in [-0.05, 0) is 49.1 Å². The smallest absolute Gasteiger partial charge is 0.220 e. The predicted octanol–water partition coefficient (Wildman–Crippen LogP) is 3.62. The van der Waals surface area contributed by atoms with Crippen molar-refractivity contribution in [1.29, 1.82) is 0 Å². The van der Waals surface area contributed by atoms with E-state index in [0.717, 1.165) is 38.4 Å². The summed E-state index contributed by atoms with van der Waals surface area (Å²) in [4.78, 5) is 15.0. The number of aromatic nitrogens is 4. The minimum atomic E-state index is 0.0436. The highest BCUT2D eigenvalue weighted by Gasteiger charge is 2.23. The molecule has 1 aliphatic rings. The molecule has 1 amide bonds. The van der Waals surface area contributed by atoms with E-state index in [1.165, 1.54) is 16.7 Å². The molecule has 4 aromatic rings. The summed E-state index contributed by atoms with van der Waals surface area (Å²) < 4.78 is 1.72. The highest BCUT2D eigenvalue weighted by atomic mass is 16.1. The number of nitrogens with zero attached hydrogens (tertiary/aromatic N) is 5. The molecule has 3 heterocycles. The van der Waals surface area contributed by atoms with E-state index in [4.69, 9.17) is 0 Å². The van der Waals surface area contributed by atoms with Gasteiger partial charge in [-0.25, -0.2) is 0 Å². The van der Waals surface area contributed by atoms with Crippen molar-refractivity contribution in [3.63, 3.8) is 0 Å². The Labute approximate surface area is 211 Å².